The predicted octanol–water partition coefficient (Wildman–Crippen LogP) is -2.64. The number of fused-ring (bicyclic) bond motifs is 1. The molecular formula is C15H16NO7Pb-3. The fourth-order valence-corrected chi connectivity index (χ4v) is 1.13. The van der Waals surface area contributed by atoms with Gasteiger partial charge in [-0.25, -0.2) is 0 Å². The van der Waals surface area contributed by atoms with Crippen molar-refractivity contribution in [2.45, 2.75) is 20.8 Å². The molecule has 0 saturated heterocycles. The van der Waals surface area contributed by atoms with Crippen LogP contribution < -0.4 is 20.0 Å². The summed E-state index contributed by atoms with van der Waals surface area (Å²) >= 11 is 0. The molecule has 0 N–H and O–H groups in total. The summed E-state index contributed by atoms with van der Waals surface area (Å²) in [6.45, 7) is 2.92. The van der Waals surface area contributed by atoms with Crippen molar-refractivity contribution in [3.8, 4) is 0 Å². The van der Waals surface area contributed by atoms with E-state index in [4.69, 9.17) is 29.7 Å². The minimum absolute atomic E-state index is 0. The van der Waals surface area contributed by atoms with Crippen LogP contribution in [-0.2, 0) is 14.4 Å². The van der Waals surface area contributed by atoms with E-state index < -0.39 is 17.9 Å². The zero-order valence-corrected chi connectivity index (χ0v) is 17.2. The molecule has 2 rings (SSSR count). The normalized spacial score (nSPS) is 7.79. The Balaban J connectivity index is -0.000000288. The van der Waals surface area contributed by atoms with Gasteiger partial charge in [-0.1, -0.05) is 12.1 Å². The summed E-state index contributed by atoms with van der Waals surface area (Å²) in [6.07, 6.45) is 1.50. The van der Waals surface area contributed by atoms with E-state index >= 15 is 0 Å². The molecule has 0 amide bonds. The van der Waals surface area contributed by atoms with E-state index in [1.165, 1.54) is 6.20 Å². The predicted molar refractivity (Wildman–Crippen MR) is 80.7 cm³/mol. The van der Waals surface area contributed by atoms with Gasteiger partial charge in [-0.05, 0) is 32.9 Å². The van der Waals surface area contributed by atoms with Crippen molar-refractivity contribution in [3.05, 3.63) is 47.8 Å². The SMILES string of the molecule is CC(=O)[O-].CC(=O)[O-].CC(=O)[O-].[O-][n+]1cccc2ccccc21.[Pb]. The molecule has 0 aliphatic rings. The third kappa shape index (κ3) is 19.8. The first-order chi connectivity index (χ1) is 10.6. The van der Waals surface area contributed by atoms with Crippen LogP contribution in [-0.4, -0.2) is 45.2 Å². The summed E-state index contributed by atoms with van der Waals surface area (Å²) in [5, 5.41) is 38.7. The number of para-hydroxylation sites is 1. The average molecular weight is 529 g/mol. The summed E-state index contributed by atoms with van der Waals surface area (Å²) in [6, 6.07) is 11.2. The molecule has 0 atom stereocenters. The Kier molecular flexibility index (Phi) is 17.4. The van der Waals surface area contributed by atoms with Crippen LogP contribution in [0.25, 0.3) is 10.9 Å². The topological polar surface area (TPSA) is 147 Å². The van der Waals surface area contributed by atoms with Gasteiger partial charge in [0.1, 0.15) is 0 Å². The molecule has 0 spiro atoms. The van der Waals surface area contributed by atoms with Gasteiger partial charge in [0, 0.05) is 62.7 Å². The first kappa shape index (κ1) is 26.6. The van der Waals surface area contributed by atoms with Crippen LogP contribution in [0.4, 0.5) is 0 Å². The molecule has 9 heteroatoms. The van der Waals surface area contributed by atoms with Gasteiger partial charge < -0.3 is 34.9 Å². The second-order valence-corrected chi connectivity index (χ2v) is 3.87. The summed E-state index contributed by atoms with van der Waals surface area (Å²) in [7, 11) is 0. The second kappa shape index (κ2) is 15.6. The van der Waals surface area contributed by atoms with Gasteiger partial charge >= 0.3 is 0 Å². The Morgan fingerprint density at radius 3 is 1.50 bits per heavy atom. The van der Waals surface area contributed by atoms with E-state index in [0.29, 0.717) is 0 Å². The number of benzene rings is 1. The summed E-state index contributed by atoms with van der Waals surface area (Å²) < 4.78 is 0.870. The number of nitrogens with zero attached hydrogens (tertiary/aromatic N) is 1. The number of rotatable bonds is 0. The van der Waals surface area contributed by atoms with Crippen LogP contribution in [0.3, 0.4) is 0 Å². The van der Waals surface area contributed by atoms with E-state index in [2.05, 4.69) is 0 Å². The minimum Gasteiger partial charge on any atom is -0.618 e. The molecule has 0 aliphatic carbocycles. The monoisotopic (exact) mass is 530 g/mol. The van der Waals surface area contributed by atoms with E-state index in [-0.39, 0.29) is 27.3 Å². The molecule has 8 nitrogen and oxygen atoms in total. The van der Waals surface area contributed by atoms with Crippen LogP contribution in [0, 0.1) is 5.21 Å². The zero-order valence-electron chi connectivity index (χ0n) is 13.3. The van der Waals surface area contributed by atoms with E-state index in [0.717, 1.165) is 36.4 Å². The number of carboxylic acids is 3. The first-order valence-corrected chi connectivity index (χ1v) is 6.17. The molecule has 0 aliphatic heterocycles. The van der Waals surface area contributed by atoms with Crippen molar-refractivity contribution in [1.82, 2.24) is 0 Å². The molecule has 0 unspecified atom stereocenters. The molecule has 1 aromatic heterocycles. The van der Waals surface area contributed by atoms with Gasteiger partial charge in [0.15, 0.2) is 6.20 Å². The van der Waals surface area contributed by atoms with Crippen LogP contribution in [0.1, 0.15) is 20.8 Å². The molecule has 0 bridgehead atoms. The Bertz CT molecular complexity index is 601. The van der Waals surface area contributed by atoms with Crippen LogP contribution in [0.5, 0.6) is 0 Å². The number of pyridine rings is 1. The van der Waals surface area contributed by atoms with Gasteiger partial charge in [-0.3, -0.25) is 0 Å². The van der Waals surface area contributed by atoms with Crippen molar-refractivity contribution < 1.29 is 34.4 Å². The fraction of sp³-hybridized carbons (Fsp3) is 0.200. The Labute approximate surface area is 159 Å². The minimum atomic E-state index is -1.08. The average Bonchev–Trinajstić information content (AvgIpc) is 2.37. The van der Waals surface area contributed by atoms with Crippen LogP contribution in [0.2, 0.25) is 0 Å². The maximum absolute atomic E-state index is 11.1. The number of carbonyl (C=O) groups is 3. The first-order valence-electron chi connectivity index (χ1n) is 6.17. The second-order valence-electron chi connectivity index (χ2n) is 3.87. The van der Waals surface area contributed by atoms with Gasteiger partial charge in [0.05, 0.1) is 0 Å². The van der Waals surface area contributed by atoms with Crippen molar-refractivity contribution in [2.24, 2.45) is 0 Å². The number of hydrogen-bond acceptors (Lipinski definition) is 7. The number of carbonyl (C=O) groups excluding carboxylic acids is 3. The quantitative estimate of drug-likeness (QED) is 0.206. The van der Waals surface area contributed by atoms with E-state index in [1.54, 1.807) is 6.07 Å². The van der Waals surface area contributed by atoms with Gasteiger partial charge in [-0.2, -0.15) is 4.73 Å². The van der Waals surface area contributed by atoms with E-state index in [1.807, 2.05) is 30.3 Å². The number of aliphatic carboxylic acids is 3. The van der Waals surface area contributed by atoms with Crippen molar-refractivity contribution >= 4 is 56.1 Å². The molecule has 1 aromatic carbocycles. The summed E-state index contributed by atoms with van der Waals surface area (Å²) in [5.41, 5.74) is 0.718. The number of carboxylic acid groups (broad SMARTS) is 3. The van der Waals surface area contributed by atoms with Crippen molar-refractivity contribution in [2.75, 3.05) is 0 Å². The Morgan fingerprint density at radius 2 is 1.12 bits per heavy atom. The van der Waals surface area contributed by atoms with Crippen molar-refractivity contribution in [1.29, 1.82) is 0 Å². The molecule has 2 aromatic rings. The van der Waals surface area contributed by atoms with Crippen LogP contribution in [0.15, 0.2) is 42.6 Å². The number of hydrogen-bond donors (Lipinski definition) is 0. The molecule has 0 fully saturated rings. The third-order valence-corrected chi connectivity index (χ3v) is 1.67. The molecule has 0 saturated carbocycles. The molecular weight excluding hydrogens is 513 g/mol. The molecule has 1 heterocycles. The summed E-state index contributed by atoms with van der Waals surface area (Å²) in [5.74, 6) is -3.25. The smallest absolute Gasteiger partial charge is 0.223 e. The zero-order chi connectivity index (χ0) is 18.4. The molecule has 130 valence electrons. The maximum atomic E-state index is 11.1. The van der Waals surface area contributed by atoms with E-state index in [9.17, 15) is 5.21 Å². The largest absolute Gasteiger partial charge is 0.618 e. The van der Waals surface area contributed by atoms with Gasteiger partial charge in [0.25, 0.3) is 0 Å². The standard InChI is InChI=1S/C9H7NO.3C2H4O2.Pb/c11-10-7-3-5-8-4-1-2-6-9(8)10;3*1-2(3)4;/h1-7H;3*1H3,(H,3,4);/p-3. The van der Waals surface area contributed by atoms with Crippen molar-refractivity contribution in [3.63, 3.8) is 0 Å². The van der Waals surface area contributed by atoms with Gasteiger partial charge in [0.2, 0.25) is 5.52 Å². The Morgan fingerprint density at radius 1 is 0.792 bits per heavy atom. The van der Waals surface area contributed by atoms with Crippen LogP contribution >= 0.6 is 0 Å². The fourth-order valence-electron chi connectivity index (χ4n) is 1.13. The number of aromatic nitrogens is 1. The maximum Gasteiger partial charge on any atom is 0.223 e. The molecule has 4 radical (unpaired) electrons. The Hall–Kier alpha value is -2.24. The van der Waals surface area contributed by atoms with Gasteiger partial charge in [-0.15, -0.1) is 0 Å². The summed E-state index contributed by atoms with van der Waals surface area (Å²) in [4.78, 5) is 26.7. The molecule has 24 heavy (non-hydrogen) atoms. The third-order valence-electron chi connectivity index (χ3n) is 1.67.